The van der Waals surface area contributed by atoms with Gasteiger partial charge in [-0.3, -0.25) is 0 Å². The number of hydrogen-bond donors (Lipinski definition) is 2. The Morgan fingerprint density at radius 2 is 2.00 bits per heavy atom. The quantitative estimate of drug-likeness (QED) is 0.737. The molecule has 0 aliphatic carbocycles. The average Bonchev–Trinajstić information content (AvgIpc) is 2.09. The lowest BCUT2D eigenvalue weighted by Gasteiger charge is -2.05. The first-order valence-electron chi connectivity index (χ1n) is 4.03. The highest BCUT2D eigenvalue weighted by Gasteiger charge is 1.96. The fourth-order valence-corrected chi connectivity index (χ4v) is 0.930. The highest BCUT2D eigenvalue weighted by molar-refractivity contribution is 5.85. The van der Waals surface area contributed by atoms with E-state index >= 15 is 0 Å². The molecule has 0 heterocycles. The van der Waals surface area contributed by atoms with Crippen LogP contribution in [0.1, 0.15) is 6.42 Å². The molecule has 0 spiro atoms. The highest BCUT2D eigenvalue weighted by atomic mass is 35.5. The lowest BCUT2D eigenvalue weighted by molar-refractivity contribution is 0.629. The van der Waals surface area contributed by atoms with E-state index in [2.05, 4.69) is 5.32 Å². The van der Waals surface area contributed by atoms with Crippen LogP contribution < -0.4 is 11.1 Å². The predicted octanol–water partition coefficient (Wildman–Crippen LogP) is 2.01. The molecule has 0 bridgehead atoms. The largest absolute Gasteiger partial charge is 0.383 e. The van der Waals surface area contributed by atoms with Gasteiger partial charge in [0.05, 0.1) is 5.69 Å². The molecule has 0 saturated heterocycles. The van der Waals surface area contributed by atoms with Crippen LogP contribution in [0, 0.1) is 5.82 Å². The fourth-order valence-electron chi connectivity index (χ4n) is 0.930. The van der Waals surface area contributed by atoms with E-state index in [1.165, 1.54) is 6.07 Å². The van der Waals surface area contributed by atoms with Crippen LogP contribution >= 0.6 is 12.4 Å². The van der Waals surface area contributed by atoms with Gasteiger partial charge in [0.2, 0.25) is 0 Å². The third-order valence-corrected chi connectivity index (χ3v) is 1.57. The highest BCUT2D eigenvalue weighted by Crippen LogP contribution is 2.11. The molecule has 0 aromatic heterocycles. The summed E-state index contributed by atoms with van der Waals surface area (Å²) >= 11 is 0. The summed E-state index contributed by atoms with van der Waals surface area (Å²) < 4.78 is 12.9. The SMILES string of the molecule is Cl.NCCCNc1ccccc1F. The summed E-state index contributed by atoms with van der Waals surface area (Å²) in [5.41, 5.74) is 5.84. The molecule has 0 radical (unpaired) electrons. The molecule has 0 unspecified atom stereocenters. The lowest BCUT2D eigenvalue weighted by atomic mass is 10.3. The zero-order chi connectivity index (χ0) is 8.81. The molecule has 1 aromatic rings. The van der Waals surface area contributed by atoms with Crippen LogP contribution in [0.15, 0.2) is 24.3 Å². The second kappa shape index (κ2) is 6.69. The van der Waals surface area contributed by atoms with E-state index in [0.717, 1.165) is 13.0 Å². The minimum atomic E-state index is -0.213. The van der Waals surface area contributed by atoms with Gasteiger partial charge in [0, 0.05) is 6.54 Å². The summed E-state index contributed by atoms with van der Waals surface area (Å²) in [7, 11) is 0. The molecule has 1 rings (SSSR count). The van der Waals surface area contributed by atoms with E-state index in [1.54, 1.807) is 18.2 Å². The number of para-hydroxylation sites is 1. The summed E-state index contributed by atoms with van der Waals surface area (Å²) in [4.78, 5) is 0. The van der Waals surface area contributed by atoms with Gasteiger partial charge in [-0.1, -0.05) is 12.1 Å². The molecule has 1 aromatic carbocycles. The third-order valence-electron chi connectivity index (χ3n) is 1.57. The first-order chi connectivity index (χ1) is 5.84. The number of nitrogens with two attached hydrogens (primary N) is 1. The van der Waals surface area contributed by atoms with Crippen LogP contribution in [0.2, 0.25) is 0 Å². The van der Waals surface area contributed by atoms with Gasteiger partial charge in [0.15, 0.2) is 0 Å². The van der Waals surface area contributed by atoms with Crippen molar-refractivity contribution < 1.29 is 4.39 Å². The van der Waals surface area contributed by atoms with Crippen LogP contribution in [0.25, 0.3) is 0 Å². The number of nitrogens with one attached hydrogen (secondary N) is 1. The molecule has 4 heteroatoms. The van der Waals surface area contributed by atoms with E-state index in [1.807, 2.05) is 0 Å². The summed E-state index contributed by atoms with van der Waals surface area (Å²) in [6.45, 7) is 1.35. The predicted molar refractivity (Wildman–Crippen MR) is 55.8 cm³/mol. The molecular formula is C9H14ClFN2. The number of hydrogen-bond acceptors (Lipinski definition) is 2. The van der Waals surface area contributed by atoms with Gasteiger partial charge in [-0.05, 0) is 25.1 Å². The summed E-state index contributed by atoms with van der Waals surface area (Å²) in [6.07, 6.45) is 0.855. The van der Waals surface area contributed by atoms with E-state index in [9.17, 15) is 4.39 Å². The topological polar surface area (TPSA) is 38.0 Å². The first kappa shape index (κ1) is 12.2. The van der Waals surface area contributed by atoms with Crippen LogP contribution in [0.4, 0.5) is 10.1 Å². The van der Waals surface area contributed by atoms with Crippen molar-refractivity contribution in [2.45, 2.75) is 6.42 Å². The van der Waals surface area contributed by atoms with Gasteiger partial charge in [-0.25, -0.2) is 4.39 Å². The Morgan fingerprint density at radius 3 is 2.62 bits per heavy atom. The monoisotopic (exact) mass is 204 g/mol. The number of benzene rings is 1. The molecule has 13 heavy (non-hydrogen) atoms. The number of rotatable bonds is 4. The molecule has 0 amide bonds. The summed E-state index contributed by atoms with van der Waals surface area (Å²) in [6, 6.07) is 6.62. The Labute approximate surface area is 83.7 Å². The minimum absolute atomic E-state index is 0. The van der Waals surface area contributed by atoms with E-state index in [0.29, 0.717) is 12.2 Å². The van der Waals surface area contributed by atoms with Crippen LogP contribution in [-0.2, 0) is 0 Å². The van der Waals surface area contributed by atoms with Crippen molar-refractivity contribution in [2.24, 2.45) is 5.73 Å². The van der Waals surface area contributed by atoms with E-state index in [4.69, 9.17) is 5.73 Å². The summed E-state index contributed by atoms with van der Waals surface area (Å²) in [5.74, 6) is -0.213. The van der Waals surface area contributed by atoms with E-state index in [-0.39, 0.29) is 18.2 Å². The van der Waals surface area contributed by atoms with Crippen LogP contribution in [0.3, 0.4) is 0 Å². The number of halogens is 2. The van der Waals surface area contributed by atoms with Crippen LogP contribution in [-0.4, -0.2) is 13.1 Å². The van der Waals surface area contributed by atoms with Crippen molar-refractivity contribution >= 4 is 18.1 Å². The Morgan fingerprint density at radius 1 is 1.31 bits per heavy atom. The van der Waals surface area contributed by atoms with Gasteiger partial charge in [0.25, 0.3) is 0 Å². The van der Waals surface area contributed by atoms with Crippen LogP contribution in [0.5, 0.6) is 0 Å². The molecule has 2 nitrogen and oxygen atoms in total. The number of anilines is 1. The lowest BCUT2D eigenvalue weighted by Crippen LogP contribution is -2.09. The van der Waals surface area contributed by atoms with Crippen molar-refractivity contribution in [3.05, 3.63) is 30.1 Å². The zero-order valence-electron chi connectivity index (χ0n) is 7.29. The smallest absolute Gasteiger partial charge is 0.146 e. The second-order valence-corrected chi connectivity index (χ2v) is 2.55. The fraction of sp³-hybridized carbons (Fsp3) is 0.333. The normalized spacial score (nSPS) is 9.08. The second-order valence-electron chi connectivity index (χ2n) is 2.55. The van der Waals surface area contributed by atoms with Crippen molar-refractivity contribution in [2.75, 3.05) is 18.4 Å². The van der Waals surface area contributed by atoms with Crippen molar-refractivity contribution in [3.8, 4) is 0 Å². The van der Waals surface area contributed by atoms with Gasteiger partial charge in [-0.2, -0.15) is 0 Å². The Hall–Kier alpha value is -0.800. The molecule has 0 fully saturated rings. The molecule has 0 aliphatic heterocycles. The molecule has 3 N–H and O–H groups in total. The molecular weight excluding hydrogens is 191 g/mol. The Kier molecular flexibility index (Phi) is 6.28. The summed E-state index contributed by atoms with van der Waals surface area (Å²) in [5, 5.41) is 2.96. The molecule has 74 valence electrons. The average molecular weight is 205 g/mol. The van der Waals surface area contributed by atoms with Crippen molar-refractivity contribution in [3.63, 3.8) is 0 Å². The molecule has 0 saturated carbocycles. The van der Waals surface area contributed by atoms with E-state index < -0.39 is 0 Å². The maximum atomic E-state index is 12.9. The van der Waals surface area contributed by atoms with Gasteiger partial charge in [-0.15, -0.1) is 12.4 Å². The maximum absolute atomic E-state index is 12.9. The minimum Gasteiger partial charge on any atom is -0.383 e. The van der Waals surface area contributed by atoms with Crippen molar-refractivity contribution in [1.82, 2.24) is 0 Å². The van der Waals surface area contributed by atoms with Crippen molar-refractivity contribution in [1.29, 1.82) is 0 Å². The van der Waals surface area contributed by atoms with Gasteiger partial charge in [0.1, 0.15) is 5.82 Å². The molecule has 0 atom stereocenters. The third kappa shape index (κ3) is 4.10. The standard InChI is InChI=1S/C9H13FN2.ClH/c10-8-4-1-2-5-9(8)12-7-3-6-11;/h1-2,4-5,12H,3,6-7,11H2;1H. The van der Waals surface area contributed by atoms with Gasteiger partial charge >= 0.3 is 0 Å². The Balaban J connectivity index is 0.00000144. The zero-order valence-corrected chi connectivity index (χ0v) is 8.11. The maximum Gasteiger partial charge on any atom is 0.146 e. The first-order valence-corrected chi connectivity index (χ1v) is 4.03. The van der Waals surface area contributed by atoms with Gasteiger partial charge < -0.3 is 11.1 Å². The Bertz CT molecular complexity index is 243. The molecule has 0 aliphatic rings.